The van der Waals surface area contributed by atoms with Gasteiger partial charge in [0.2, 0.25) is 0 Å². The largest absolute Gasteiger partial charge is 0.496 e. The van der Waals surface area contributed by atoms with Crippen molar-refractivity contribution in [3.63, 3.8) is 0 Å². The smallest absolute Gasteiger partial charge is 0.180 e. The maximum absolute atomic E-state index is 12.5. The summed E-state index contributed by atoms with van der Waals surface area (Å²) >= 11 is 0. The van der Waals surface area contributed by atoms with E-state index in [1.54, 1.807) is 7.11 Å². The molecule has 20 heavy (non-hydrogen) atoms. The average molecular weight is 276 g/mol. The first-order chi connectivity index (χ1) is 9.51. The van der Waals surface area contributed by atoms with Crippen molar-refractivity contribution < 1.29 is 9.53 Å². The number of piperazine rings is 1. The van der Waals surface area contributed by atoms with Crippen LogP contribution in [0, 0.1) is 6.92 Å². The lowest BCUT2D eigenvalue weighted by atomic mass is 10.1. The van der Waals surface area contributed by atoms with E-state index in [9.17, 15) is 4.79 Å². The van der Waals surface area contributed by atoms with Crippen molar-refractivity contribution in [1.29, 1.82) is 0 Å². The molecular weight excluding hydrogens is 252 g/mol. The van der Waals surface area contributed by atoms with Crippen LogP contribution < -0.4 is 4.74 Å². The summed E-state index contributed by atoms with van der Waals surface area (Å²) in [5.41, 5.74) is 1.79. The lowest BCUT2D eigenvalue weighted by Gasteiger charge is -2.37. The molecule has 0 spiro atoms. The topological polar surface area (TPSA) is 32.8 Å². The molecule has 4 nitrogen and oxygen atoms in total. The molecule has 0 aromatic heterocycles. The normalized spacial score (nSPS) is 20.9. The van der Waals surface area contributed by atoms with Gasteiger partial charge in [0.05, 0.1) is 19.2 Å². The van der Waals surface area contributed by atoms with Crippen molar-refractivity contribution in [2.45, 2.75) is 19.9 Å². The predicted octanol–water partition coefficient (Wildman–Crippen LogP) is 1.82. The minimum Gasteiger partial charge on any atom is -0.496 e. The minimum absolute atomic E-state index is 0.138. The maximum atomic E-state index is 12.5. The first-order valence-electron chi connectivity index (χ1n) is 7.11. The lowest BCUT2D eigenvalue weighted by Crippen LogP contribution is -2.51. The molecular formula is C16H24N2O2. The van der Waals surface area contributed by atoms with Crippen LogP contribution in [0.2, 0.25) is 0 Å². The zero-order chi connectivity index (χ0) is 14.7. The fraction of sp³-hybridized carbons (Fsp3) is 0.562. The van der Waals surface area contributed by atoms with Gasteiger partial charge in [-0.1, -0.05) is 6.07 Å². The second kappa shape index (κ2) is 6.37. The van der Waals surface area contributed by atoms with E-state index in [0.717, 1.165) is 25.2 Å². The van der Waals surface area contributed by atoms with Crippen molar-refractivity contribution in [2.75, 3.05) is 40.3 Å². The molecule has 0 N–H and O–H groups in total. The Bertz CT molecular complexity index is 487. The average Bonchev–Trinajstić information content (AvgIpc) is 2.42. The van der Waals surface area contributed by atoms with Gasteiger partial charge in [-0.25, -0.2) is 0 Å². The Kier molecular flexibility index (Phi) is 4.78. The fourth-order valence-electron chi connectivity index (χ4n) is 2.58. The van der Waals surface area contributed by atoms with Crippen LogP contribution in [0.3, 0.4) is 0 Å². The number of hydrogen-bond acceptors (Lipinski definition) is 4. The number of rotatable bonds is 4. The number of hydrogen-bond donors (Lipinski definition) is 0. The molecule has 1 heterocycles. The van der Waals surface area contributed by atoms with Crippen molar-refractivity contribution >= 4 is 5.78 Å². The second-order valence-electron chi connectivity index (χ2n) is 5.69. The quantitative estimate of drug-likeness (QED) is 0.785. The first-order valence-corrected chi connectivity index (χ1v) is 7.11. The van der Waals surface area contributed by atoms with E-state index in [-0.39, 0.29) is 5.78 Å². The number of ketones is 1. The Labute approximate surface area is 121 Å². The summed E-state index contributed by atoms with van der Waals surface area (Å²) in [6.07, 6.45) is 0. The minimum atomic E-state index is 0.138. The number of likely N-dealkylation sites (N-methyl/N-ethyl adjacent to an activating group) is 1. The standard InChI is InChI=1S/C16H24N2O2/c1-12-5-6-14(16(9-12)20-4)15(19)11-18-8-7-17(3)13(2)10-18/h5-6,9,13H,7-8,10-11H2,1-4H3. The number of carbonyl (C=O) groups is 1. The third-order valence-corrected chi connectivity index (χ3v) is 4.07. The molecule has 2 rings (SSSR count). The van der Waals surface area contributed by atoms with Crippen molar-refractivity contribution in [3.05, 3.63) is 29.3 Å². The highest BCUT2D eigenvalue weighted by molar-refractivity contribution is 6.00. The van der Waals surface area contributed by atoms with E-state index in [4.69, 9.17) is 4.74 Å². The number of ether oxygens (including phenoxy) is 1. The Morgan fingerprint density at radius 2 is 2.15 bits per heavy atom. The molecule has 1 aromatic carbocycles. The van der Waals surface area contributed by atoms with Crippen molar-refractivity contribution in [3.8, 4) is 5.75 Å². The monoisotopic (exact) mass is 276 g/mol. The summed E-state index contributed by atoms with van der Waals surface area (Å²) in [6.45, 7) is 7.57. The van der Waals surface area contributed by atoms with Gasteiger partial charge in [-0.15, -0.1) is 0 Å². The van der Waals surface area contributed by atoms with Crippen LogP contribution in [0.5, 0.6) is 5.75 Å². The van der Waals surface area contributed by atoms with Gasteiger partial charge < -0.3 is 9.64 Å². The van der Waals surface area contributed by atoms with Gasteiger partial charge in [-0.05, 0) is 38.6 Å². The molecule has 0 bridgehead atoms. The van der Waals surface area contributed by atoms with E-state index in [2.05, 4.69) is 23.8 Å². The number of benzene rings is 1. The van der Waals surface area contributed by atoms with Crippen molar-refractivity contribution in [2.24, 2.45) is 0 Å². The summed E-state index contributed by atoms with van der Waals surface area (Å²) in [5.74, 6) is 0.816. The fourth-order valence-corrected chi connectivity index (χ4v) is 2.58. The van der Waals surface area contributed by atoms with Crippen LogP contribution in [0.1, 0.15) is 22.8 Å². The third-order valence-electron chi connectivity index (χ3n) is 4.07. The molecule has 1 aliphatic rings. The van der Waals surface area contributed by atoms with Crippen LogP contribution in [0.25, 0.3) is 0 Å². The number of Topliss-reactive ketones (excluding diaryl/α,β-unsaturated/α-hetero) is 1. The summed E-state index contributed by atoms with van der Waals surface area (Å²) in [7, 11) is 3.75. The number of aryl methyl sites for hydroxylation is 1. The van der Waals surface area contributed by atoms with Gasteiger partial charge >= 0.3 is 0 Å². The van der Waals surface area contributed by atoms with Crippen LogP contribution in [-0.4, -0.2) is 62.0 Å². The summed E-state index contributed by atoms with van der Waals surface area (Å²) in [4.78, 5) is 17.0. The van der Waals surface area contributed by atoms with Crippen LogP contribution >= 0.6 is 0 Å². The molecule has 0 saturated carbocycles. The molecule has 1 saturated heterocycles. The predicted molar refractivity (Wildman–Crippen MR) is 80.6 cm³/mol. The Morgan fingerprint density at radius 3 is 2.80 bits per heavy atom. The van der Waals surface area contributed by atoms with E-state index in [1.165, 1.54) is 0 Å². The van der Waals surface area contributed by atoms with Crippen LogP contribution in [0.4, 0.5) is 0 Å². The molecule has 1 atom stereocenters. The second-order valence-corrected chi connectivity index (χ2v) is 5.69. The van der Waals surface area contributed by atoms with Crippen molar-refractivity contribution in [1.82, 2.24) is 9.80 Å². The summed E-state index contributed by atoms with van der Waals surface area (Å²) in [5, 5.41) is 0. The number of carbonyl (C=O) groups excluding carboxylic acids is 1. The highest BCUT2D eigenvalue weighted by Gasteiger charge is 2.23. The molecule has 0 aliphatic carbocycles. The molecule has 1 unspecified atom stereocenters. The SMILES string of the molecule is COc1cc(C)ccc1C(=O)CN1CCN(C)C(C)C1. The van der Waals surface area contributed by atoms with Gasteiger partial charge in [0.25, 0.3) is 0 Å². The molecule has 0 radical (unpaired) electrons. The molecule has 4 heteroatoms. The highest BCUT2D eigenvalue weighted by Crippen LogP contribution is 2.21. The van der Waals surface area contributed by atoms with Gasteiger partial charge in [-0.2, -0.15) is 0 Å². The Balaban J connectivity index is 2.05. The maximum Gasteiger partial charge on any atom is 0.180 e. The van der Waals surface area contributed by atoms with Gasteiger partial charge in [0.1, 0.15) is 5.75 Å². The summed E-state index contributed by atoms with van der Waals surface area (Å²) in [6, 6.07) is 6.24. The van der Waals surface area contributed by atoms with Gasteiger partial charge in [0.15, 0.2) is 5.78 Å². The number of methoxy groups -OCH3 is 1. The molecule has 1 aromatic rings. The lowest BCUT2D eigenvalue weighted by molar-refractivity contribution is 0.0783. The molecule has 110 valence electrons. The van der Waals surface area contributed by atoms with E-state index in [0.29, 0.717) is 23.9 Å². The zero-order valence-corrected chi connectivity index (χ0v) is 12.8. The zero-order valence-electron chi connectivity index (χ0n) is 12.8. The van der Waals surface area contributed by atoms with E-state index < -0.39 is 0 Å². The van der Waals surface area contributed by atoms with Gasteiger partial charge in [-0.3, -0.25) is 9.69 Å². The van der Waals surface area contributed by atoms with Gasteiger partial charge in [0, 0.05) is 25.7 Å². The number of nitrogens with zero attached hydrogens (tertiary/aromatic N) is 2. The van der Waals surface area contributed by atoms with E-state index in [1.807, 2.05) is 25.1 Å². The Hall–Kier alpha value is -1.39. The first kappa shape index (κ1) is 15.0. The molecule has 1 fully saturated rings. The third kappa shape index (κ3) is 3.38. The molecule has 1 aliphatic heterocycles. The summed E-state index contributed by atoms with van der Waals surface area (Å²) < 4.78 is 5.33. The van der Waals surface area contributed by atoms with Crippen LogP contribution in [0.15, 0.2) is 18.2 Å². The Morgan fingerprint density at radius 1 is 1.40 bits per heavy atom. The highest BCUT2D eigenvalue weighted by atomic mass is 16.5. The molecule has 0 amide bonds. The van der Waals surface area contributed by atoms with Crippen LogP contribution in [-0.2, 0) is 0 Å². The van der Waals surface area contributed by atoms with E-state index >= 15 is 0 Å².